The number of aryl methyl sites for hydroxylation is 2. The fourth-order valence-corrected chi connectivity index (χ4v) is 5.36. The van der Waals surface area contributed by atoms with E-state index in [1.807, 2.05) is 13.8 Å². The number of sulfonamides is 2. The average molecular weight is 354 g/mol. The number of hydrogen-bond donors (Lipinski definition) is 1. The van der Waals surface area contributed by atoms with Gasteiger partial charge in [0.25, 0.3) is 20.0 Å². The van der Waals surface area contributed by atoms with Crippen LogP contribution in [0.3, 0.4) is 0 Å². The Balaban J connectivity index is 2.53. The van der Waals surface area contributed by atoms with Crippen molar-refractivity contribution >= 4 is 20.0 Å². The molecule has 0 heterocycles. The molecule has 0 aliphatic heterocycles. The van der Waals surface area contributed by atoms with Gasteiger partial charge in [0.2, 0.25) is 0 Å². The van der Waals surface area contributed by atoms with Gasteiger partial charge in [-0.15, -0.1) is 0 Å². The standard InChI is InChI=1S/C15H18N2O4S2/c1-12-4-8-14(9-5-12)22(18,19)17(16-3)23(20,21)15-10-6-13(2)7-11-15/h4-11,16H,1-3H3. The van der Waals surface area contributed by atoms with Crippen molar-refractivity contribution < 1.29 is 16.8 Å². The highest BCUT2D eigenvalue weighted by Crippen LogP contribution is 2.22. The van der Waals surface area contributed by atoms with Crippen molar-refractivity contribution in [3.8, 4) is 0 Å². The van der Waals surface area contributed by atoms with Crippen molar-refractivity contribution in [2.45, 2.75) is 23.6 Å². The van der Waals surface area contributed by atoms with Gasteiger partial charge in [-0.25, -0.2) is 22.3 Å². The van der Waals surface area contributed by atoms with Crippen LogP contribution in [0.15, 0.2) is 58.3 Å². The molecule has 0 atom stereocenters. The van der Waals surface area contributed by atoms with Crippen LogP contribution in [0.4, 0.5) is 0 Å². The third-order valence-electron chi connectivity index (χ3n) is 3.26. The molecule has 0 amide bonds. The van der Waals surface area contributed by atoms with Gasteiger partial charge in [-0.3, -0.25) is 0 Å². The Bertz CT molecular complexity index is 812. The minimum Gasteiger partial charge on any atom is -0.230 e. The maximum atomic E-state index is 12.6. The van der Waals surface area contributed by atoms with E-state index in [-0.39, 0.29) is 13.6 Å². The maximum Gasteiger partial charge on any atom is 0.269 e. The zero-order chi connectivity index (χ0) is 17.3. The van der Waals surface area contributed by atoms with Crippen LogP contribution >= 0.6 is 0 Å². The monoisotopic (exact) mass is 354 g/mol. The number of nitrogens with one attached hydrogen (secondary N) is 1. The zero-order valence-corrected chi connectivity index (χ0v) is 14.6. The lowest BCUT2D eigenvalue weighted by molar-refractivity contribution is 0.453. The van der Waals surface area contributed by atoms with Gasteiger partial charge in [-0.1, -0.05) is 35.4 Å². The summed E-state index contributed by atoms with van der Waals surface area (Å²) in [5.74, 6) is 0. The summed E-state index contributed by atoms with van der Waals surface area (Å²) in [7, 11) is -7.25. The van der Waals surface area contributed by atoms with E-state index in [1.165, 1.54) is 31.3 Å². The Morgan fingerprint density at radius 2 is 1.00 bits per heavy atom. The quantitative estimate of drug-likeness (QED) is 0.828. The van der Waals surface area contributed by atoms with Gasteiger partial charge in [0.05, 0.1) is 9.79 Å². The predicted octanol–water partition coefficient (Wildman–Crippen LogP) is 1.82. The minimum absolute atomic E-state index is 0.104. The van der Waals surface area contributed by atoms with E-state index >= 15 is 0 Å². The first kappa shape index (κ1) is 17.6. The molecule has 0 unspecified atom stereocenters. The molecule has 0 aliphatic rings. The third kappa shape index (κ3) is 3.45. The van der Waals surface area contributed by atoms with Crippen LogP contribution in [0.2, 0.25) is 0 Å². The van der Waals surface area contributed by atoms with Gasteiger partial charge in [0.15, 0.2) is 0 Å². The summed E-state index contributed by atoms with van der Waals surface area (Å²) >= 11 is 0. The fourth-order valence-electron chi connectivity index (χ4n) is 1.98. The molecule has 0 spiro atoms. The Morgan fingerprint density at radius 1 is 0.696 bits per heavy atom. The van der Waals surface area contributed by atoms with Gasteiger partial charge < -0.3 is 0 Å². The number of benzene rings is 2. The van der Waals surface area contributed by atoms with Crippen molar-refractivity contribution in [1.29, 1.82) is 0 Å². The second kappa shape index (κ2) is 6.40. The molecule has 0 radical (unpaired) electrons. The first-order valence-corrected chi connectivity index (χ1v) is 9.69. The third-order valence-corrected chi connectivity index (χ3v) is 7.41. The lowest BCUT2D eigenvalue weighted by atomic mass is 10.2. The summed E-state index contributed by atoms with van der Waals surface area (Å²) in [5, 5.41) is 0. The number of hydrazine groups is 1. The van der Waals surface area contributed by atoms with E-state index < -0.39 is 20.0 Å². The predicted molar refractivity (Wildman–Crippen MR) is 87.6 cm³/mol. The largest absolute Gasteiger partial charge is 0.269 e. The van der Waals surface area contributed by atoms with Crippen LogP contribution in [-0.4, -0.2) is 27.7 Å². The molecule has 124 valence electrons. The van der Waals surface area contributed by atoms with Crippen molar-refractivity contribution in [3.63, 3.8) is 0 Å². The van der Waals surface area contributed by atoms with E-state index in [9.17, 15) is 16.8 Å². The average Bonchev–Trinajstić information content (AvgIpc) is 2.48. The molecule has 0 saturated carbocycles. The summed E-state index contributed by atoms with van der Waals surface area (Å²) in [4.78, 5) is -0.207. The van der Waals surface area contributed by atoms with Crippen molar-refractivity contribution in [3.05, 3.63) is 59.7 Å². The molecule has 23 heavy (non-hydrogen) atoms. The Morgan fingerprint density at radius 3 is 1.26 bits per heavy atom. The van der Waals surface area contributed by atoms with Gasteiger partial charge in [-0.05, 0) is 41.9 Å². The minimum atomic E-state index is -4.25. The summed E-state index contributed by atoms with van der Waals surface area (Å²) in [6.45, 7) is 3.63. The summed E-state index contributed by atoms with van der Waals surface area (Å²) in [5.41, 5.74) is 4.02. The van der Waals surface area contributed by atoms with E-state index in [4.69, 9.17) is 0 Å². The molecule has 0 fully saturated rings. The van der Waals surface area contributed by atoms with Gasteiger partial charge >= 0.3 is 0 Å². The highest BCUT2D eigenvalue weighted by molar-refractivity contribution is 8.04. The van der Waals surface area contributed by atoms with E-state index in [0.717, 1.165) is 11.1 Å². The van der Waals surface area contributed by atoms with E-state index in [0.29, 0.717) is 0 Å². The zero-order valence-electron chi connectivity index (χ0n) is 13.0. The number of rotatable bonds is 5. The van der Waals surface area contributed by atoms with Gasteiger partial charge in [0.1, 0.15) is 0 Å². The van der Waals surface area contributed by atoms with Crippen LogP contribution in [0, 0.1) is 13.8 Å². The van der Waals surface area contributed by atoms with Gasteiger partial charge in [0, 0.05) is 7.05 Å². The van der Waals surface area contributed by atoms with Crippen molar-refractivity contribution in [1.82, 2.24) is 9.25 Å². The van der Waals surface area contributed by atoms with Crippen molar-refractivity contribution in [2.24, 2.45) is 0 Å². The van der Waals surface area contributed by atoms with E-state index in [2.05, 4.69) is 5.43 Å². The summed E-state index contributed by atoms with van der Waals surface area (Å²) in [6, 6.07) is 11.9. The van der Waals surface area contributed by atoms with Crippen LogP contribution < -0.4 is 5.43 Å². The molecule has 0 saturated heterocycles. The highest BCUT2D eigenvalue weighted by atomic mass is 32.3. The molecule has 1 N–H and O–H groups in total. The Kier molecular flexibility index (Phi) is 4.90. The second-order valence-electron chi connectivity index (χ2n) is 5.06. The molecule has 2 aromatic rings. The fraction of sp³-hybridized carbons (Fsp3) is 0.200. The van der Waals surface area contributed by atoms with Crippen LogP contribution in [0.5, 0.6) is 0 Å². The van der Waals surface area contributed by atoms with Crippen molar-refractivity contribution in [2.75, 3.05) is 7.05 Å². The topological polar surface area (TPSA) is 83.6 Å². The Hall–Kier alpha value is -1.74. The molecule has 8 heteroatoms. The molecular formula is C15H18N2O4S2. The molecule has 2 aromatic carbocycles. The SMILES string of the molecule is CNN(S(=O)(=O)c1ccc(C)cc1)S(=O)(=O)c1ccc(C)cc1. The van der Waals surface area contributed by atoms with Crippen LogP contribution in [-0.2, 0) is 20.0 Å². The van der Waals surface area contributed by atoms with Crippen LogP contribution in [0.1, 0.15) is 11.1 Å². The normalized spacial score (nSPS) is 12.5. The molecule has 0 aromatic heterocycles. The lowest BCUT2D eigenvalue weighted by Crippen LogP contribution is -2.44. The van der Waals surface area contributed by atoms with Crippen LogP contribution in [0.25, 0.3) is 0 Å². The molecule has 0 aliphatic carbocycles. The van der Waals surface area contributed by atoms with E-state index in [1.54, 1.807) is 24.3 Å². The lowest BCUT2D eigenvalue weighted by Gasteiger charge is -2.20. The first-order chi connectivity index (χ1) is 10.7. The second-order valence-corrected chi connectivity index (χ2v) is 8.86. The molecule has 2 rings (SSSR count). The first-order valence-electron chi connectivity index (χ1n) is 6.81. The summed E-state index contributed by atoms with van der Waals surface area (Å²) in [6.07, 6.45) is 0. The molecular weight excluding hydrogens is 336 g/mol. The highest BCUT2D eigenvalue weighted by Gasteiger charge is 2.35. The van der Waals surface area contributed by atoms with Gasteiger partial charge in [-0.2, -0.15) is 0 Å². The maximum absolute atomic E-state index is 12.6. The number of hydrogen-bond acceptors (Lipinski definition) is 5. The Labute approximate surface area is 136 Å². The smallest absolute Gasteiger partial charge is 0.230 e. The molecule has 0 bridgehead atoms. The summed E-state index contributed by atoms with van der Waals surface area (Å²) < 4.78 is 50.9. The number of nitrogens with zero attached hydrogens (tertiary/aromatic N) is 1. The molecule has 6 nitrogen and oxygen atoms in total.